The molecule has 2 aromatic rings. The van der Waals surface area contributed by atoms with Crippen LogP contribution in [0, 0.1) is 15.9 Å². The molecule has 0 unspecified atom stereocenters. The second-order valence-corrected chi connectivity index (χ2v) is 6.41. The third-order valence-corrected chi connectivity index (χ3v) is 4.58. The number of amides is 1. The molecule has 1 aliphatic heterocycles. The third kappa shape index (κ3) is 5.01. The zero-order valence-electron chi connectivity index (χ0n) is 14.8. The summed E-state index contributed by atoms with van der Waals surface area (Å²) in [4.78, 5) is 26.6. The monoisotopic (exact) mass is 372 g/mol. The van der Waals surface area contributed by atoms with Gasteiger partial charge < -0.3 is 10.2 Å². The topological polar surface area (TPSA) is 78.7 Å². The number of nitrogens with one attached hydrogen (secondary N) is 1. The largest absolute Gasteiger partial charge is 0.376 e. The minimum atomic E-state index is -0.470. The second-order valence-electron chi connectivity index (χ2n) is 6.41. The number of nitro benzene ring substituents is 1. The van der Waals surface area contributed by atoms with Crippen molar-refractivity contribution in [2.75, 3.05) is 38.0 Å². The summed E-state index contributed by atoms with van der Waals surface area (Å²) >= 11 is 0. The van der Waals surface area contributed by atoms with E-state index >= 15 is 0 Å². The number of carbonyl (C=O) groups is 1. The van der Waals surface area contributed by atoms with Crippen LogP contribution in [0.5, 0.6) is 0 Å². The lowest BCUT2D eigenvalue weighted by molar-refractivity contribution is -0.384. The Morgan fingerprint density at radius 3 is 2.56 bits per heavy atom. The first-order chi connectivity index (χ1) is 13.0. The van der Waals surface area contributed by atoms with Crippen molar-refractivity contribution in [3.8, 4) is 0 Å². The molecule has 8 heteroatoms. The zero-order chi connectivity index (χ0) is 19.2. The molecule has 0 spiro atoms. The van der Waals surface area contributed by atoms with Crippen LogP contribution in [0.1, 0.15) is 5.56 Å². The fourth-order valence-corrected chi connectivity index (χ4v) is 3.04. The molecule has 7 nitrogen and oxygen atoms in total. The van der Waals surface area contributed by atoms with Gasteiger partial charge in [-0.15, -0.1) is 0 Å². The van der Waals surface area contributed by atoms with Gasteiger partial charge in [-0.3, -0.25) is 19.8 Å². The van der Waals surface area contributed by atoms with Gasteiger partial charge in [0, 0.05) is 56.1 Å². The van der Waals surface area contributed by atoms with Gasteiger partial charge in [0.15, 0.2) is 0 Å². The molecule has 0 saturated carbocycles. The minimum absolute atomic E-state index is 0.0193. The summed E-state index contributed by atoms with van der Waals surface area (Å²) in [6.45, 7) is 3.11. The molecule has 0 aromatic heterocycles. The average molecular weight is 372 g/mol. The molecule has 1 N–H and O–H groups in total. The molecule has 1 aliphatic rings. The molecule has 142 valence electrons. The first-order valence-electron chi connectivity index (χ1n) is 8.75. The van der Waals surface area contributed by atoms with Crippen LogP contribution in [0.4, 0.5) is 15.8 Å². The van der Waals surface area contributed by atoms with E-state index in [2.05, 4.69) is 10.2 Å². The Labute approximate surface area is 156 Å². The van der Waals surface area contributed by atoms with Gasteiger partial charge in [-0.2, -0.15) is 0 Å². The summed E-state index contributed by atoms with van der Waals surface area (Å²) in [6.07, 6.45) is 0. The Bertz CT molecular complexity index is 822. The highest BCUT2D eigenvalue weighted by Gasteiger charge is 2.21. The van der Waals surface area contributed by atoms with Gasteiger partial charge in [-0.25, -0.2) is 4.39 Å². The van der Waals surface area contributed by atoms with E-state index in [4.69, 9.17) is 0 Å². The molecule has 1 fully saturated rings. The molecule has 0 atom stereocenters. The van der Waals surface area contributed by atoms with Crippen LogP contribution in [0.3, 0.4) is 0 Å². The lowest BCUT2D eigenvalue weighted by Crippen LogP contribution is -2.49. The normalized spacial score (nSPS) is 14.8. The summed E-state index contributed by atoms with van der Waals surface area (Å²) in [5.74, 6) is -0.274. The SMILES string of the molecule is O=C(CNc1cccc([N+](=O)[O-])c1)N1CCN(Cc2ccccc2F)CC1. The Morgan fingerprint density at radius 2 is 1.85 bits per heavy atom. The van der Waals surface area contributed by atoms with Crippen LogP contribution >= 0.6 is 0 Å². The van der Waals surface area contributed by atoms with Crippen molar-refractivity contribution in [3.05, 3.63) is 70.0 Å². The van der Waals surface area contributed by atoms with E-state index in [9.17, 15) is 19.3 Å². The standard InChI is InChI=1S/C19H21FN4O3/c20-18-7-2-1-4-15(18)14-22-8-10-23(11-9-22)19(25)13-21-16-5-3-6-17(12-16)24(26)27/h1-7,12,21H,8-11,13-14H2. The van der Waals surface area contributed by atoms with Crippen molar-refractivity contribution in [2.24, 2.45) is 0 Å². The van der Waals surface area contributed by atoms with Gasteiger partial charge >= 0.3 is 0 Å². The van der Waals surface area contributed by atoms with Crippen molar-refractivity contribution in [1.29, 1.82) is 0 Å². The predicted octanol–water partition coefficient (Wildman–Crippen LogP) is 2.49. The first kappa shape index (κ1) is 18.8. The molecular formula is C19H21FN4O3. The van der Waals surface area contributed by atoms with Crippen molar-refractivity contribution < 1.29 is 14.1 Å². The second kappa shape index (κ2) is 8.59. The van der Waals surface area contributed by atoms with Gasteiger partial charge in [-0.05, 0) is 12.1 Å². The number of non-ortho nitro benzene ring substituents is 1. The van der Waals surface area contributed by atoms with E-state index in [1.54, 1.807) is 29.2 Å². The Hall–Kier alpha value is -3.00. The van der Waals surface area contributed by atoms with E-state index < -0.39 is 4.92 Å². The van der Waals surface area contributed by atoms with Crippen LogP contribution in [-0.4, -0.2) is 53.4 Å². The highest BCUT2D eigenvalue weighted by Crippen LogP contribution is 2.17. The number of halogens is 1. The number of hydrogen-bond acceptors (Lipinski definition) is 5. The molecule has 0 radical (unpaired) electrons. The fourth-order valence-electron chi connectivity index (χ4n) is 3.04. The molecule has 0 bridgehead atoms. The minimum Gasteiger partial charge on any atom is -0.376 e. The number of nitro groups is 1. The van der Waals surface area contributed by atoms with E-state index in [-0.39, 0.29) is 24.0 Å². The van der Waals surface area contributed by atoms with Crippen molar-refractivity contribution in [2.45, 2.75) is 6.54 Å². The quantitative estimate of drug-likeness (QED) is 0.623. The highest BCUT2D eigenvalue weighted by atomic mass is 19.1. The lowest BCUT2D eigenvalue weighted by Gasteiger charge is -2.35. The summed E-state index contributed by atoms with van der Waals surface area (Å²) in [7, 11) is 0. The first-order valence-corrected chi connectivity index (χ1v) is 8.75. The molecule has 3 rings (SSSR count). The molecule has 1 heterocycles. The molecule has 0 aliphatic carbocycles. The summed E-state index contributed by atoms with van der Waals surface area (Å²) in [5, 5.41) is 13.7. The van der Waals surface area contributed by atoms with E-state index in [0.29, 0.717) is 44.0 Å². The maximum Gasteiger partial charge on any atom is 0.271 e. The Balaban J connectivity index is 1.46. The number of piperazine rings is 1. The third-order valence-electron chi connectivity index (χ3n) is 4.58. The van der Waals surface area contributed by atoms with Gasteiger partial charge in [0.25, 0.3) is 5.69 Å². The average Bonchev–Trinajstić information content (AvgIpc) is 2.68. The lowest BCUT2D eigenvalue weighted by atomic mass is 10.2. The van der Waals surface area contributed by atoms with Crippen molar-refractivity contribution in [3.63, 3.8) is 0 Å². The molecule has 2 aromatic carbocycles. The zero-order valence-corrected chi connectivity index (χ0v) is 14.8. The van der Waals surface area contributed by atoms with E-state index in [0.717, 1.165) is 0 Å². The Kier molecular flexibility index (Phi) is 5.97. The number of anilines is 1. The van der Waals surface area contributed by atoms with Crippen LogP contribution in [-0.2, 0) is 11.3 Å². The van der Waals surface area contributed by atoms with Crippen LogP contribution in [0.2, 0.25) is 0 Å². The molecule has 1 amide bonds. The number of carbonyl (C=O) groups excluding carboxylic acids is 1. The van der Waals surface area contributed by atoms with Gasteiger partial charge in [0.2, 0.25) is 5.91 Å². The van der Waals surface area contributed by atoms with E-state index in [1.807, 2.05) is 6.07 Å². The van der Waals surface area contributed by atoms with Crippen LogP contribution < -0.4 is 5.32 Å². The van der Waals surface area contributed by atoms with Gasteiger partial charge in [0.05, 0.1) is 11.5 Å². The van der Waals surface area contributed by atoms with Crippen molar-refractivity contribution >= 4 is 17.3 Å². The number of rotatable bonds is 6. The summed E-state index contributed by atoms with van der Waals surface area (Å²) in [6, 6.07) is 12.8. The number of benzene rings is 2. The maximum absolute atomic E-state index is 13.7. The number of hydrogen-bond donors (Lipinski definition) is 1. The summed E-state index contributed by atoms with van der Waals surface area (Å²) < 4.78 is 13.7. The summed E-state index contributed by atoms with van der Waals surface area (Å²) in [5.41, 5.74) is 1.18. The Morgan fingerprint density at radius 1 is 1.11 bits per heavy atom. The van der Waals surface area contributed by atoms with Gasteiger partial charge in [0.1, 0.15) is 5.82 Å². The van der Waals surface area contributed by atoms with Gasteiger partial charge in [-0.1, -0.05) is 24.3 Å². The van der Waals surface area contributed by atoms with Crippen molar-refractivity contribution in [1.82, 2.24) is 9.80 Å². The van der Waals surface area contributed by atoms with E-state index in [1.165, 1.54) is 18.2 Å². The highest BCUT2D eigenvalue weighted by molar-refractivity contribution is 5.81. The molecule has 27 heavy (non-hydrogen) atoms. The number of nitrogens with zero attached hydrogens (tertiary/aromatic N) is 3. The predicted molar refractivity (Wildman–Crippen MR) is 99.8 cm³/mol. The maximum atomic E-state index is 13.7. The molecule has 1 saturated heterocycles. The van der Waals surface area contributed by atoms with Crippen LogP contribution in [0.25, 0.3) is 0 Å². The smallest absolute Gasteiger partial charge is 0.271 e. The molecular weight excluding hydrogens is 351 g/mol. The van der Waals surface area contributed by atoms with Crippen LogP contribution in [0.15, 0.2) is 48.5 Å². The fraction of sp³-hybridized carbons (Fsp3) is 0.316.